The molecule has 24 heavy (non-hydrogen) atoms. The second-order valence-corrected chi connectivity index (χ2v) is 7.85. The third kappa shape index (κ3) is 3.77. The quantitative estimate of drug-likeness (QED) is 0.668. The van der Waals surface area contributed by atoms with Gasteiger partial charge in [0.25, 0.3) is 0 Å². The summed E-state index contributed by atoms with van der Waals surface area (Å²) in [7, 11) is -3.60. The number of rotatable bonds is 4. The van der Waals surface area contributed by atoms with Crippen molar-refractivity contribution in [1.82, 2.24) is 4.72 Å². The topological polar surface area (TPSA) is 72.5 Å². The summed E-state index contributed by atoms with van der Waals surface area (Å²) in [5, 5.41) is 0.486. The molecule has 1 unspecified atom stereocenters. The fourth-order valence-electron chi connectivity index (χ4n) is 2.81. The molecule has 2 aromatic rings. The third-order valence-electron chi connectivity index (χ3n) is 3.82. The molecule has 0 amide bonds. The number of hydrogen-bond donors (Lipinski definition) is 1. The van der Waals surface area contributed by atoms with Crippen LogP contribution in [0.2, 0.25) is 5.02 Å². The Morgan fingerprint density at radius 3 is 2.46 bits per heavy atom. The summed E-state index contributed by atoms with van der Waals surface area (Å²) >= 11 is 5.79. The van der Waals surface area contributed by atoms with Crippen LogP contribution in [0.25, 0.3) is 0 Å². The molecule has 0 spiro atoms. The zero-order valence-corrected chi connectivity index (χ0v) is 14.5. The standard InChI is InChI=1S/C17H16ClNO4S/c1-11(20)23-16-5-2-12-8-15(9-13(12)10-16)19-24(21,22)17-6-3-14(18)4-7-17/h2-7,10,15,19H,8-9H2,1H3. The lowest BCUT2D eigenvalue weighted by Gasteiger charge is -2.12. The molecular formula is C17H16ClNO4S. The number of sulfonamides is 1. The highest BCUT2D eigenvalue weighted by atomic mass is 35.5. The van der Waals surface area contributed by atoms with Gasteiger partial charge in [0.15, 0.2) is 0 Å². The van der Waals surface area contributed by atoms with Gasteiger partial charge in [0, 0.05) is 18.0 Å². The van der Waals surface area contributed by atoms with Gasteiger partial charge in [-0.3, -0.25) is 4.79 Å². The molecule has 1 atom stereocenters. The largest absolute Gasteiger partial charge is 0.427 e. The molecule has 1 aliphatic carbocycles. The van der Waals surface area contributed by atoms with Crippen LogP contribution < -0.4 is 9.46 Å². The van der Waals surface area contributed by atoms with E-state index in [-0.39, 0.29) is 16.9 Å². The SMILES string of the molecule is CC(=O)Oc1ccc2c(c1)CC(NS(=O)(=O)c1ccc(Cl)cc1)C2. The van der Waals surface area contributed by atoms with Crippen LogP contribution >= 0.6 is 11.6 Å². The maximum atomic E-state index is 12.4. The van der Waals surface area contributed by atoms with Crippen LogP contribution in [0.3, 0.4) is 0 Å². The predicted molar refractivity (Wildman–Crippen MR) is 90.7 cm³/mol. The molecule has 0 saturated carbocycles. The third-order valence-corrected chi connectivity index (χ3v) is 5.61. The van der Waals surface area contributed by atoms with E-state index in [0.717, 1.165) is 11.1 Å². The Balaban J connectivity index is 1.73. The normalized spacial score (nSPS) is 16.7. The summed E-state index contributed by atoms with van der Waals surface area (Å²) in [6.45, 7) is 1.34. The van der Waals surface area contributed by atoms with Crippen molar-refractivity contribution in [2.45, 2.75) is 30.7 Å². The molecule has 5 nitrogen and oxygen atoms in total. The first-order valence-electron chi connectivity index (χ1n) is 7.41. The van der Waals surface area contributed by atoms with Crippen molar-refractivity contribution in [3.05, 3.63) is 58.6 Å². The Morgan fingerprint density at radius 1 is 1.12 bits per heavy atom. The van der Waals surface area contributed by atoms with Crippen LogP contribution in [-0.2, 0) is 27.7 Å². The van der Waals surface area contributed by atoms with E-state index in [1.807, 2.05) is 6.07 Å². The Kier molecular flexibility index (Phi) is 4.62. The van der Waals surface area contributed by atoms with Crippen molar-refractivity contribution >= 4 is 27.6 Å². The summed E-state index contributed by atoms with van der Waals surface area (Å²) in [4.78, 5) is 11.2. The van der Waals surface area contributed by atoms with Gasteiger partial charge in [-0.15, -0.1) is 0 Å². The molecular weight excluding hydrogens is 350 g/mol. The molecule has 1 N–H and O–H groups in total. The smallest absolute Gasteiger partial charge is 0.308 e. The lowest BCUT2D eigenvalue weighted by atomic mass is 10.1. The van der Waals surface area contributed by atoms with E-state index < -0.39 is 10.0 Å². The summed E-state index contributed by atoms with van der Waals surface area (Å²) in [5.41, 5.74) is 2.03. The van der Waals surface area contributed by atoms with Crippen LogP contribution in [-0.4, -0.2) is 20.4 Å². The van der Waals surface area contributed by atoms with Gasteiger partial charge in [-0.2, -0.15) is 0 Å². The second kappa shape index (κ2) is 6.55. The van der Waals surface area contributed by atoms with E-state index in [9.17, 15) is 13.2 Å². The van der Waals surface area contributed by atoms with E-state index in [2.05, 4.69) is 4.72 Å². The number of carbonyl (C=O) groups excluding carboxylic acids is 1. The number of fused-ring (bicyclic) bond motifs is 1. The highest BCUT2D eigenvalue weighted by Gasteiger charge is 2.27. The minimum Gasteiger partial charge on any atom is -0.427 e. The first-order chi connectivity index (χ1) is 11.3. The summed E-state index contributed by atoms with van der Waals surface area (Å²) < 4.78 is 32.7. The highest BCUT2D eigenvalue weighted by Crippen LogP contribution is 2.27. The van der Waals surface area contributed by atoms with E-state index >= 15 is 0 Å². The maximum absolute atomic E-state index is 12.4. The molecule has 2 aromatic carbocycles. The first-order valence-corrected chi connectivity index (χ1v) is 9.28. The number of halogens is 1. The Bertz CT molecular complexity index is 878. The molecule has 1 aliphatic rings. The van der Waals surface area contributed by atoms with Crippen LogP contribution in [0.15, 0.2) is 47.4 Å². The van der Waals surface area contributed by atoms with Gasteiger partial charge in [-0.05, 0) is 60.4 Å². The minimum absolute atomic E-state index is 0.184. The van der Waals surface area contributed by atoms with Crippen molar-refractivity contribution < 1.29 is 17.9 Å². The van der Waals surface area contributed by atoms with E-state index in [0.29, 0.717) is 23.6 Å². The molecule has 0 aromatic heterocycles. The number of esters is 1. The predicted octanol–water partition coefficient (Wildman–Crippen LogP) is 2.71. The number of carbonyl (C=O) groups is 1. The van der Waals surface area contributed by atoms with Crippen LogP contribution in [0, 0.1) is 0 Å². The fourth-order valence-corrected chi connectivity index (χ4v) is 4.17. The van der Waals surface area contributed by atoms with Gasteiger partial charge in [0.1, 0.15) is 5.75 Å². The number of benzene rings is 2. The van der Waals surface area contributed by atoms with Gasteiger partial charge < -0.3 is 4.74 Å². The summed E-state index contributed by atoms with van der Waals surface area (Å²) in [5.74, 6) is 0.0930. The average Bonchev–Trinajstić information content (AvgIpc) is 2.87. The zero-order valence-electron chi connectivity index (χ0n) is 13.0. The van der Waals surface area contributed by atoms with Crippen molar-refractivity contribution in [2.75, 3.05) is 0 Å². The molecule has 0 saturated heterocycles. The van der Waals surface area contributed by atoms with E-state index in [4.69, 9.17) is 16.3 Å². The molecule has 0 bridgehead atoms. The fraction of sp³-hybridized carbons (Fsp3) is 0.235. The maximum Gasteiger partial charge on any atom is 0.308 e. The molecule has 0 aliphatic heterocycles. The van der Waals surface area contributed by atoms with Crippen molar-refractivity contribution in [1.29, 1.82) is 0 Å². The van der Waals surface area contributed by atoms with Crippen molar-refractivity contribution in [2.24, 2.45) is 0 Å². The van der Waals surface area contributed by atoms with Crippen LogP contribution in [0.5, 0.6) is 5.75 Å². The molecule has 0 radical (unpaired) electrons. The number of nitrogens with one attached hydrogen (secondary N) is 1. The van der Waals surface area contributed by atoms with Crippen molar-refractivity contribution in [3.8, 4) is 5.75 Å². The van der Waals surface area contributed by atoms with Gasteiger partial charge >= 0.3 is 5.97 Å². The second-order valence-electron chi connectivity index (χ2n) is 5.70. The Hall–Kier alpha value is -1.89. The van der Waals surface area contributed by atoms with E-state index in [1.165, 1.54) is 19.1 Å². The monoisotopic (exact) mass is 365 g/mol. The zero-order chi connectivity index (χ0) is 17.3. The van der Waals surface area contributed by atoms with Gasteiger partial charge in [-0.25, -0.2) is 13.1 Å². The molecule has 126 valence electrons. The van der Waals surface area contributed by atoms with Gasteiger partial charge in [0.2, 0.25) is 10.0 Å². The van der Waals surface area contributed by atoms with Gasteiger partial charge in [0.05, 0.1) is 4.90 Å². The highest BCUT2D eigenvalue weighted by molar-refractivity contribution is 7.89. The molecule has 0 fully saturated rings. The first kappa shape index (κ1) is 17.0. The Labute approximate surface area is 145 Å². The van der Waals surface area contributed by atoms with Crippen LogP contribution in [0.4, 0.5) is 0 Å². The molecule has 3 rings (SSSR count). The summed E-state index contributed by atoms with van der Waals surface area (Å²) in [6, 6.07) is 11.2. The molecule has 0 heterocycles. The van der Waals surface area contributed by atoms with Crippen LogP contribution in [0.1, 0.15) is 18.1 Å². The number of hydrogen-bond acceptors (Lipinski definition) is 4. The molecule has 7 heteroatoms. The summed E-state index contributed by atoms with van der Waals surface area (Å²) in [6.07, 6.45) is 1.15. The lowest BCUT2D eigenvalue weighted by Crippen LogP contribution is -2.35. The van der Waals surface area contributed by atoms with E-state index in [1.54, 1.807) is 24.3 Å². The number of ether oxygens (including phenoxy) is 1. The minimum atomic E-state index is -3.60. The van der Waals surface area contributed by atoms with Crippen molar-refractivity contribution in [3.63, 3.8) is 0 Å². The van der Waals surface area contributed by atoms with Gasteiger partial charge in [-0.1, -0.05) is 17.7 Å². The average molecular weight is 366 g/mol. The lowest BCUT2D eigenvalue weighted by molar-refractivity contribution is -0.131. The Morgan fingerprint density at radius 2 is 1.79 bits per heavy atom.